The summed E-state index contributed by atoms with van der Waals surface area (Å²) >= 11 is 7.24. The predicted molar refractivity (Wildman–Crippen MR) is 194 cm³/mol. The van der Waals surface area contributed by atoms with Crippen molar-refractivity contribution >= 4 is 39.9 Å². The van der Waals surface area contributed by atoms with Crippen molar-refractivity contribution in [3.8, 4) is 28.3 Å². The van der Waals surface area contributed by atoms with E-state index in [0.29, 0.717) is 39.7 Å². The maximum Gasteiger partial charge on any atom is 0.330 e. The van der Waals surface area contributed by atoms with E-state index in [1.807, 2.05) is 50.2 Å². The average molecular weight is 692 g/mol. The Bertz CT molecular complexity index is 2380. The van der Waals surface area contributed by atoms with E-state index < -0.39 is 11.2 Å². The third kappa shape index (κ3) is 5.01. The molecule has 0 saturated carbocycles. The van der Waals surface area contributed by atoms with Gasteiger partial charge in [-0.1, -0.05) is 41.9 Å². The fourth-order valence-corrected chi connectivity index (χ4v) is 8.46. The van der Waals surface area contributed by atoms with Gasteiger partial charge < -0.3 is 15.4 Å². The molecule has 2 N–H and O–H groups in total. The molecule has 8 rings (SSSR count). The van der Waals surface area contributed by atoms with Crippen LogP contribution in [0.1, 0.15) is 47.7 Å². The first kappa shape index (κ1) is 32.2. The standard InChI is InChI=1S/C38H38ClN7O4/c1-20-16-29-32(36(48)45(4)37(49)44(29)3)34(40-20)41-26-11-7-8-23(21(26)2)24-9-6-10-25(33(24)39)27-17-22-12-13-28(31(22)35(42-27)50-5)46-18-38(19-46)15-14-30(47)43-38/h6-11,16-17,28H,12-15,18-19H2,1-5H3,(H,40,41)(H,43,47)/t28-/m1/s1. The Morgan fingerprint density at radius 2 is 1.70 bits per heavy atom. The molecule has 5 aromatic rings. The number of rotatable bonds is 6. The Morgan fingerprint density at radius 3 is 2.44 bits per heavy atom. The van der Waals surface area contributed by atoms with Crippen molar-refractivity contribution in [2.24, 2.45) is 14.1 Å². The van der Waals surface area contributed by atoms with Crippen LogP contribution in [0.25, 0.3) is 33.3 Å². The number of aryl methyl sites for hydroxylation is 3. The molecule has 0 unspecified atom stereocenters. The topological polar surface area (TPSA) is 123 Å². The van der Waals surface area contributed by atoms with Gasteiger partial charge in [0.05, 0.1) is 28.9 Å². The van der Waals surface area contributed by atoms with Gasteiger partial charge in [0.15, 0.2) is 0 Å². The number of carbonyl (C=O) groups is 1. The summed E-state index contributed by atoms with van der Waals surface area (Å²) in [4.78, 5) is 49.9. The Labute approximate surface area is 293 Å². The second kappa shape index (κ2) is 11.8. The molecule has 3 aromatic heterocycles. The van der Waals surface area contributed by atoms with Crippen molar-refractivity contribution in [1.29, 1.82) is 0 Å². The van der Waals surface area contributed by atoms with Crippen molar-refractivity contribution in [2.75, 3.05) is 25.5 Å². The number of hydrogen-bond donors (Lipinski definition) is 2. The molecule has 1 aliphatic carbocycles. The normalized spacial score (nSPS) is 18.0. The third-order valence-corrected chi connectivity index (χ3v) is 11.1. The van der Waals surface area contributed by atoms with E-state index in [4.69, 9.17) is 21.3 Å². The number of nitrogens with zero attached hydrogens (tertiary/aromatic N) is 5. The summed E-state index contributed by atoms with van der Waals surface area (Å²) in [5.74, 6) is 1.14. The Hall–Kier alpha value is -5.00. The molecule has 0 bridgehead atoms. The van der Waals surface area contributed by atoms with Crippen LogP contribution >= 0.6 is 11.6 Å². The summed E-state index contributed by atoms with van der Waals surface area (Å²) in [6.45, 7) is 5.53. The first-order chi connectivity index (χ1) is 24.0. The lowest BCUT2D eigenvalue weighted by molar-refractivity contribution is -0.121. The molecule has 5 heterocycles. The molecule has 256 valence electrons. The van der Waals surface area contributed by atoms with E-state index in [9.17, 15) is 14.4 Å². The second-order valence-electron chi connectivity index (χ2n) is 13.9. The van der Waals surface area contributed by atoms with Crippen molar-refractivity contribution in [2.45, 2.75) is 51.1 Å². The third-order valence-electron chi connectivity index (χ3n) is 10.7. The molecule has 3 aliphatic rings. The first-order valence-electron chi connectivity index (χ1n) is 16.8. The van der Waals surface area contributed by atoms with E-state index >= 15 is 0 Å². The fraction of sp³-hybridized carbons (Fsp3) is 0.342. The summed E-state index contributed by atoms with van der Waals surface area (Å²) < 4.78 is 8.47. The summed E-state index contributed by atoms with van der Waals surface area (Å²) in [7, 11) is 4.78. The van der Waals surface area contributed by atoms with Gasteiger partial charge in [-0.05, 0) is 68.0 Å². The Balaban J connectivity index is 1.13. The Kier molecular flexibility index (Phi) is 7.61. The molecule has 2 fully saturated rings. The number of methoxy groups -OCH3 is 1. The lowest BCUT2D eigenvalue weighted by Gasteiger charge is -2.50. The number of fused-ring (bicyclic) bond motifs is 2. The molecular weight excluding hydrogens is 654 g/mol. The highest BCUT2D eigenvalue weighted by Gasteiger charge is 2.51. The molecule has 2 aliphatic heterocycles. The number of ether oxygens (including phenoxy) is 1. The highest BCUT2D eigenvalue weighted by atomic mass is 35.5. The lowest BCUT2D eigenvalue weighted by atomic mass is 9.86. The minimum absolute atomic E-state index is 0.0827. The average Bonchev–Trinajstić information content (AvgIpc) is 3.70. The molecule has 2 aromatic carbocycles. The molecule has 1 atom stereocenters. The molecular formula is C38H38ClN7O4. The maximum atomic E-state index is 13.3. The predicted octanol–water partition coefficient (Wildman–Crippen LogP) is 5.34. The monoisotopic (exact) mass is 691 g/mol. The molecule has 11 nitrogen and oxygen atoms in total. The summed E-state index contributed by atoms with van der Waals surface area (Å²) in [6, 6.07) is 15.9. The number of anilines is 2. The van der Waals surface area contributed by atoms with Crippen LogP contribution in [0.2, 0.25) is 5.02 Å². The summed E-state index contributed by atoms with van der Waals surface area (Å²) in [5, 5.41) is 7.49. The highest BCUT2D eigenvalue weighted by Crippen LogP contribution is 2.47. The van der Waals surface area contributed by atoms with E-state index in [1.165, 1.54) is 17.2 Å². The minimum atomic E-state index is -0.414. The number of benzene rings is 2. The zero-order valence-corrected chi connectivity index (χ0v) is 29.4. The zero-order chi connectivity index (χ0) is 35.1. The summed E-state index contributed by atoms with van der Waals surface area (Å²) in [6.07, 6.45) is 3.38. The SMILES string of the molecule is COc1nc(-c2cccc(-c3cccc(Nc4nc(C)cc5c4c(=O)n(C)c(=O)n5C)c3C)c2Cl)cc2c1[C@H](N1CC3(CCC(=O)N3)C1)CC2. The second-order valence-corrected chi connectivity index (χ2v) is 14.2. The van der Waals surface area contributed by atoms with Gasteiger partial charge in [0, 0.05) is 67.7 Å². The molecule has 0 radical (unpaired) electrons. The highest BCUT2D eigenvalue weighted by molar-refractivity contribution is 6.36. The Morgan fingerprint density at radius 1 is 0.960 bits per heavy atom. The quantitative estimate of drug-likeness (QED) is 0.245. The first-order valence-corrected chi connectivity index (χ1v) is 17.2. The van der Waals surface area contributed by atoms with Crippen molar-refractivity contribution in [3.05, 3.63) is 96.8 Å². The number of pyridine rings is 2. The van der Waals surface area contributed by atoms with Gasteiger partial charge >= 0.3 is 5.69 Å². The molecule has 50 heavy (non-hydrogen) atoms. The number of amides is 1. The van der Waals surface area contributed by atoms with E-state index in [2.05, 4.69) is 26.6 Å². The van der Waals surface area contributed by atoms with Gasteiger partial charge in [0.2, 0.25) is 11.8 Å². The van der Waals surface area contributed by atoms with Crippen LogP contribution in [0.3, 0.4) is 0 Å². The fourth-order valence-electron chi connectivity index (χ4n) is 8.14. The van der Waals surface area contributed by atoms with Gasteiger partial charge in [0.25, 0.3) is 5.56 Å². The number of hydrogen-bond acceptors (Lipinski definition) is 8. The van der Waals surface area contributed by atoms with Crippen LogP contribution in [-0.4, -0.2) is 55.6 Å². The van der Waals surface area contributed by atoms with Gasteiger partial charge in [-0.3, -0.25) is 23.6 Å². The zero-order valence-electron chi connectivity index (χ0n) is 28.7. The molecule has 1 amide bonds. The van der Waals surface area contributed by atoms with Crippen LogP contribution in [0.5, 0.6) is 5.88 Å². The van der Waals surface area contributed by atoms with Crippen LogP contribution in [0.4, 0.5) is 11.5 Å². The van der Waals surface area contributed by atoms with Gasteiger partial charge in [-0.25, -0.2) is 14.8 Å². The minimum Gasteiger partial charge on any atom is -0.481 e. The van der Waals surface area contributed by atoms with Crippen LogP contribution in [0.15, 0.2) is 58.1 Å². The smallest absolute Gasteiger partial charge is 0.330 e. The van der Waals surface area contributed by atoms with Crippen molar-refractivity contribution < 1.29 is 9.53 Å². The molecule has 2 saturated heterocycles. The van der Waals surface area contributed by atoms with Crippen LogP contribution in [0, 0.1) is 13.8 Å². The molecule has 12 heteroatoms. The van der Waals surface area contributed by atoms with Gasteiger partial charge in [0.1, 0.15) is 11.2 Å². The van der Waals surface area contributed by atoms with E-state index in [-0.39, 0.29) is 17.5 Å². The number of nitrogens with one attached hydrogen (secondary N) is 2. The lowest BCUT2D eigenvalue weighted by Crippen LogP contribution is -2.67. The maximum absolute atomic E-state index is 13.3. The van der Waals surface area contributed by atoms with E-state index in [1.54, 1.807) is 20.2 Å². The van der Waals surface area contributed by atoms with Crippen LogP contribution < -0.4 is 26.6 Å². The van der Waals surface area contributed by atoms with E-state index in [0.717, 1.165) is 76.1 Å². The van der Waals surface area contributed by atoms with Gasteiger partial charge in [-0.2, -0.15) is 0 Å². The largest absolute Gasteiger partial charge is 0.481 e. The summed E-state index contributed by atoms with van der Waals surface area (Å²) in [5.41, 5.74) is 7.61. The van der Waals surface area contributed by atoms with Gasteiger partial charge in [-0.15, -0.1) is 0 Å². The molecule has 1 spiro atoms. The van der Waals surface area contributed by atoms with Crippen LogP contribution in [-0.2, 0) is 25.3 Å². The number of likely N-dealkylation sites (tertiary alicyclic amines) is 1. The van der Waals surface area contributed by atoms with Crippen molar-refractivity contribution in [3.63, 3.8) is 0 Å². The number of carbonyl (C=O) groups excluding carboxylic acids is 1. The van der Waals surface area contributed by atoms with Crippen molar-refractivity contribution in [1.82, 2.24) is 29.3 Å². The number of halogens is 1. The number of aromatic nitrogens is 4.